The monoisotopic (exact) mass is 282 g/mol. The summed E-state index contributed by atoms with van der Waals surface area (Å²) >= 11 is 0. The average molecular weight is 282 g/mol. The second-order valence-electron chi connectivity index (χ2n) is 5.89. The van der Waals surface area contributed by atoms with E-state index in [1.807, 2.05) is 13.8 Å². The maximum atomic E-state index is 11.2. The minimum Gasteiger partial charge on any atom is -0.471 e. The van der Waals surface area contributed by atoms with Gasteiger partial charge in [0.25, 0.3) is 5.88 Å². The van der Waals surface area contributed by atoms with Crippen LogP contribution < -0.4 is 10.5 Å². The normalized spacial score (nSPS) is 17.6. The number of ether oxygens (including phenoxy) is 1. The van der Waals surface area contributed by atoms with E-state index in [2.05, 4.69) is 5.10 Å². The van der Waals surface area contributed by atoms with E-state index in [1.165, 1.54) is 0 Å². The Bertz CT molecular complexity index is 504. The van der Waals surface area contributed by atoms with Crippen molar-refractivity contribution in [1.82, 2.24) is 9.78 Å². The molecule has 2 N–H and O–H groups in total. The molecular formula is C13H22N4O3. The molecule has 0 bridgehead atoms. The Balaban J connectivity index is 2.26. The predicted octanol–water partition coefficient (Wildman–Crippen LogP) is 2.33. The summed E-state index contributed by atoms with van der Waals surface area (Å²) in [6.07, 6.45) is 3.97. The van der Waals surface area contributed by atoms with Crippen LogP contribution >= 0.6 is 0 Å². The van der Waals surface area contributed by atoms with Gasteiger partial charge in [0, 0.05) is 0 Å². The fourth-order valence-corrected chi connectivity index (χ4v) is 2.65. The molecule has 1 aromatic heterocycles. The number of rotatable bonds is 5. The molecular weight excluding hydrogens is 260 g/mol. The van der Waals surface area contributed by atoms with Crippen LogP contribution in [0, 0.1) is 17.0 Å². The van der Waals surface area contributed by atoms with Crippen LogP contribution in [-0.2, 0) is 0 Å². The van der Waals surface area contributed by atoms with Crippen LogP contribution in [0.15, 0.2) is 0 Å². The molecule has 7 nitrogen and oxygen atoms in total. The van der Waals surface area contributed by atoms with Gasteiger partial charge in [-0.25, -0.2) is 4.68 Å². The van der Waals surface area contributed by atoms with Crippen molar-refractivity contribution in [3.05, 3.63) is 15.8 Å². The highest BCUT2D eigenvalue weighted by Gasteiger charge is 2.34. The quantitative estimate of drug-likeness (QED) is 0.660. The molecule has 7 heteroatoms. The van der Waals surface area contributed by atoms with Crippen LogP contribution in [0.1, 0.15) is 51.3 Å². The summed E-state index contributed by atoms with van der Waals surface area (Å²) in [6.45, 7) is 5.75. The maximum absolute atomic E-state index is 11.2. The lowest BCUT2D eigenvalue weighted by atomic mass is 10.0. The van der Waals surface area contributed by atoms with E-state index in [-0.39, 0.29) is 23.1 Å². The van der Waals surface area contributed by atoms with Crippen molar-refractivity contribution in [3.8, 4) is 5.88 Å². The molecule has 0 amide bonds. The van der Waals surface area contributed by atoms with Gasteiger partial charge in [-0.05, 0) is 33.6 Å². The van der Waals surface area contributed by atoms with E-state index in [4.69, 9.17) is 10.5 Å². The molecule has 0 aliphatic heterocycles. The zero-order chi connectivity index (χ0) is 14.9. The van der Waals surface area contributed by atoms with E-state index >= 15 is 0 Å². The first-order valence-corrected chi connectivity index (χ1v) is 6.99. The van der Waals surface area contributed by atoms with Crippen molar-refractivity contribution in [2.45, 2.75) is 58.0 Å². The van der Waals surface area contributed by atoms with Crippen molar-refractivity contribution in [3.63, 3.8) is 0 Å². The Morgan fingerprint density at radius 1 is 1.50 bits per heavy atom. The average Bonchev–Trinajstić information content (AvgIpc) is 2.91. The Morgan fingerprint density at radius 2 is 2.10 bits per heavy atom. The fourth-order valence-electron chi connectivity index (χ4n) is 2.65. The maximum Gasteiger partial charge on any atom is 0.353 e. The summed E-state index contributed by atoms with van der Waals surface area (Å²) in [5.41, 5.74) is 6.19. The van der Waals surface area contributed by atoms with Crippen LogP contribution in [0.2, 0.25) is 0 Å². The van der Waals surface area contributed by atoms with Crippen LogP contribution in [-0.4, -0.2) is 26.8 Å². The SMILES string of the molecule is Cc1nn(C(C)C)c(OCC2(N)CCCC2)c1[N+](=O)[O-]. The van der Waals surface area contributed by atoms with Gasteiger partial charge >= 0.3 is 5.69 Å². The summed E-state index contributed by atoms with van der Waals surface area (Å²) in [5.74, 6) is 0.222. The van der Waals surface area contributed by atoms with Gasteiger partial charge in [-0.15, -0.1) is 0 Å². The number of hydrogen-bond acceptors (Lipinski definition) is 5. The Kier molecular flexibility index (Phi) is 3.99. The molecule has 0 radical (unpaired) electrons. The second kappa shape index (κ2) is 5.40. The van der Waals surface area contributed by atoms with Crippen LogP contribution in [0.3, 0.4) is 0 Å². The highest BCUT2D eigenvalue weighted by Crippen LogP contribution is 2.35. The van der Waals surface area contributed by atoms with E-state index in [9.17, 15) is 10.1 Å². The Hall–Kier alpha value is -1.63. The zero-order valence-corrected chi connectivity index (χ0v) is 12.3. The molecule has 1 heterocycles. The van der Waals surface area contributed by atoms with E-state index in [0.29, 0.717) is 12.3 Å². The van der Waals surface area contributed by atoms with Crippen LogP contribution in [0.5, 0.6) is 5.88 Å². The van der Waals surface area contributed by atoms with Gasteiger partial charge < -0.3 is 10.5 Å². The third-order valence-electron chi connectivity index (χ3n) is 3.78. The van der Waals surface area contributed by atoms with Gasteiger partial charge in [-0.1, -0.05) is 12.8 Å². The lowest BCUT2D eigenvalue weighted by Crippen LogP contribution is -2.42. The van der Waals surface area contributed by atoms with Gasteiger partial charge in [-0.2, -0.15) is 5.10 Å². The summed E-state index contributed by atoms with van der Waals surface area (Å²) in [6, 6.07) is -0.00491. The van der Waals surface area contributed by atoms with Crippen LogP contribution in [0.25, 0.3) is 0 Å². The summed E-state index contributed by atoms with van der Waals surface area (Å²) < 4.78 is 7.29. The van der Waals surface area contributed by atoms with Crippen molar-refractivity contribution in [1.29, 1.82) is 0 Å². The van der Waals surface area contributed by atoms with Crippen LogP contribution in [0.4, 0.5) is 5.69 Å². The van der Waals surface area contributed by atoms with Gasteiger partial charge in [0.05, 0.1) is 16.5 Å². The predicted molar refractivity (Wildman–Crippen MR) is 74.9 cm³/mol. The first-order valence-electron chi connectivity index (χ1n) is 6.99. The lowest BCUT2D eigenvalue weighted by molar-refractivity contribution is -0.386. The van der Waals surface area contributed by atoms with Gasteiger partial charge in [0.2, 0.25) is 0 Å². The molecule has 1 aromatic rings. The smallest absolute Gasteiger partial charge is 0.353 e. The highest BCUT2D eigenvalue weighted by atomic mass is 16.6. The number of hydrogen-bond donors (Lipinski definition) is 1. The molecule has 20 heavy (non-hydrogen) atoms. The van der Waals surface area contributed by atoms with Crippen molar-refractivity contribution in [2.75, 3.05) is 6.61 Å². The first-order chi connectivity index (χ1) is 9.34. The minimum absolute atomic E-state index is 0.00491. The molecule has 0 unspecified atom stereocenters. The number of aromatic nitrogens is 2. The molecule has 1 fully saturated rings. The molecule has 2 rings (SSSR count). The first kappa shape index (κ1) is 14.8. The van der Waals surface area contributed by atoms with E-state index in [0.717, 1.165) is 25.7 Å². The topological polar surface area (TPSA) is 96.2 Å². The Labute approximate surface area is 118 Å². The third kappa shape index (κ3) is 2.77. The molecule has 112 valence electrons. The largest absolute Gasteiger partial charge is 0.471 e. The molecule has 1 aliphatic carbocycles. The zero-order valence-electron chi connectivity index (χ0n) is 12.3. The van der Waals surface area contributed by atoms with E-state index < -0.39 is 4.92 Å². The molecule has 0 spiro atoms. The molecule has 1 saturated carbocycles. The van der Waals surface area contributed by atoms with Crippen molar-refractivity contribution < 1.29 is 9.66 Å². The number of nitro groups is 1. The Morgan fingerprint density at radius 3 is 2.60 bits per heavy atom. The molecule has 0 aromatic carbocycles. The van der Waals surface area contributed by atoms with Gasteiger partial charge in [0.15, 0.2) is 0 Å². The van der Waals surface area contributed by atoms with Gasteiger partial charge in [0.1, 0.15) is 12.3 Å². The van der Waals surface area contributed by atoms with Crippen molar-refractivity contribution >= 4 is 5.69 Å². The second-order valence-corrected chi connectivity index (χ2v) is 5.89. The number of nitrogens with two attached hydrogens (primary N) is 1. The number of nitrogens with zero attached hydrogens (tertiary/aromatic N) is 3. The molecule has 0 saturated heterocycles. The number of aryl methyl sites for hydroxylation is 1. The standard InChI is InChI=1S/C13H22N4O3/c1-9(2)16-12(11(17(18)19)10(3)15-16)20-8-13(14)6-4-5-7-13/h9H,4-8,14H2,1-3H3. The summed E-state index contributed by atoms with van der Waals surface area (Å²) in [5, 5.41) is 15.4. The molecule has 1 aliphatic rings. The summed E-state index contributed by atoms with van der Waals surface area (Å²) in [7, 11) is 0. The lowest BCUT2D eigenvalue weighted by Gasteiger charge is -2.23. The summed E-state index contributed by atoms with van der Waals surface area (Å²) in [4.78, 5) is 10.8. The minimum atomic E-state index is -0.436. The third-order valence-corrected chi connectivity index (χ3v) is 3.78. The highest BCUT2D eigenvalue weighted by molar-refractivity contribution is 5.46. The van der Waals surface area contributed by atoms with Gasteiger partial charge in [-0.3, -0.25) is 10.1 Å². The fraction of sp³-hybridized carbons (Fsp3) is 0.769. The molecule has 0 atom stereocenters. The van der Waals surface area contributed by atoms with Crippen molar-refractivity contribution in [2.24, 2.45) is 5.73 Å². The van der Waals surface area contributed by atoms with E-state index in [1.54, 1.807) is 11.6 Å².